The molecule has 0 aliphatic heterocycles. The van der Waals surface area contributed by atoms with Crippen LogP contribution in [0.25, 0.3) is 11.2 Å². The molecule has 14 nitrogen and oxygen atoms in total. The number of hydrogen-bond donors (Lipinski definition) is 0. The van der Waals surface area contributed by atoms with Gasteiger partial charge in [0.2, 0.25) is 0 Å². The maximum Gasteiger partial charge on any atom is 0.425 e. The van der Waals surface area contributed by atoms with Gasteiger partial charge in [-0.25, -0.2) is 29.3 Å². The zero-order valence-corrected chi connectivity index (χ0v) is 33.0. The number of hydrogen-bond acceptors (Lipinski definition) is 11. The molecule has 1 aromatic carbocycles. The van der Waals surface area contributed by atoms with Gasteiger partial charge in [-0.3, -0.25) is 0 Å². The Kier molecular flexibility index (Phi) is 13.5. The van der Waals surface area contributed by atoms with Crippen molar-refractivity contribution < 1.29 is 38.1 Å². The van der Waals surface area contributed by atoms with Crippen LogP contribution >= 0.6 is 27.5 Å². The van der Waals surface area contributed by atoms with Gasteiger partial charge in [-0.15, -0.1) is 0 Å². The molecule has 0 bridgehead atoms. The number of aromatic nitrogens is 4. The van der Waals surface area contributed by atoms with E-state index in [-0.39, 0.29) is 23.9 Å². The van der Waals surface area contributed by atoms with Crippen molar-refractivity contribution >= 4 is 62.8 Å². The van der Waals surface area contributed by atoms with Gasteiger partial charge in [0.25, 0.3) is 0 Å². The molecule has 50 heavy (non-hydrogen) atoms. The summed E-state index contributed by atoms with van der Waals surface area (Å²) in [6.45, 7) is 16.5. The summed E-state index contributed by atoms with van der Waals surface area (Å²) in [5.41, 5.74) is -1.17. The van der Waals surface area contributed by atoms with Crippen molar-refractivity contribution in [2.75, 3.05) is 32.3 Å². The van der Waals surface area contributed by atoms with Crippen LogP contribution in [-0.4, -0.2) is 92.9 Å². The Labute approximate surface area is 306 Å². The average Bonchev–Trinajstić information content (AvgIpc) is 3.36. The molecule has 0 aliphatic rings. The van der Waals surface area contributed by atoms with Crippen molar-refractivity contribution in [3.63, 3.8) is 0 Å². The topological polar surface area (TPSA) is 147 Å². The van der Waals surface area contributed by atoms with Gasteiger partial charge in [-0.2, -0.15) is 4.90 Å². The predicted octanol–water partition coefficient (Wildman–Crippen LogP) is 8.01. The minimum atomic E-state index is -0.970. The molecule has 0 fully saturated rings. The van der Waals surface area contributed by atoms with Gasteiger partial charge in [-0.05, 0) is 87.3 Å². The van der Waals surface area contributed by atoms with Crippen molar-refractivity contribution in [3.8, 4) is 5.75 Å². The molecule has 0 N–H and O–H groups in total. The van der Waals surface area contributed by atoms with E-state index < -0.39 is 35.1 Å². The number of rotatable bonds is 11. The van der Waals surface area contributed by atoms with Crippen LogP contribution in [0.15, 0.2) is 29.3 Å². The number of imide groups is 1. The lowest BCUT2D eigenvalue weighted by Crippen LogP contribution is -2.44. The smallest absolute Gasteiger partial charge is 0.425 e. The van der Waals surface area contributed by atoms with Crippen molar-refractivity contribution in [1.29, 1.82) is 0 Å². The van der Waals surface area contributed by atoms with E-state index in [1.165, 1.54) is 12.7 Å². The van der Waals surface area contributed by atoms with E-state index in [0.717, 1.165) is 10.5 Å². The van der Waals surface area contributed by atoms with Gasteiger partial charge in [0.05, 0.1) is 32.1 Å². The molecule has 1 atom stereocenters. The molecule has 0 saturated carbocycles. The lowest BCUT2D eigenvalue weighted by atomic mass is 10.1. The summed E-state index contributed by atoms with van der Waals surface area (Å²) >= 11 is 10.0. The first-order valence-electron chi connectivity index (χ1n) is 16.1. The minimum absolute atomic E-state index is 0.0918. The molecular formula is C34H48BrClN6O8. The first-order valence-corrected chi connectivity index (χ1v) is 17.2. The molecule has 3 rings (SSSR count). The van der Waals surface area contributed by atoms with E-state index in [1.807, 2.05) is 20.8 Å². The van der Waals surface area contributed by atoms with E-state index in [0.29, 0.717) is 46.9 Å². The summed E-state index contributed by atoms with van der Waals surface area (Å²) in [7, 11) is 3.28. The van der Waals surface area contributed by atoms with Crippen molar-refractivity contribution in [2.24, 2.45) is 0 Å². The normalized spacial score (nSPS) is 12.7. The van der Waals surface area contributed by atoms with Gasteiger partial charge in [0, 0.05) is 29.2 Å². The van der Waals surface area contributed by atoms with Crippen molar-refractivity contribution in [3.05, 3.63) is 39.8 Å². The van der Waals surface area contributed by atoms with E-state index in [2.05, 4.69) is 30.9 Å². The highest BCUT2D eigenvalue weighted by atomic mass is 79.9. The number of fused-ring (bicyclic) bond motifs is 1. The number of amides is 3. The van der Waals surface area contributed by atoms with Crippen molar-refractivity contribution in [2.45, 2.75) is 105 Å². The SMILES string of the molecule is COC[C@@H](CCCOc1cc(Cl)cc(Br)c1Cn1cnc2c(N(C(=O)OC(C)(C)C)C(=O)OC(C)(C)C)ncnc21)N(C)C(=O)OC(C)(C)C. The van der Waals surface area contributed by atoms with Crippen LogP contribution in [0.4, 0.5) is 20.2 Å². The highest BCUT2D eigenvalue weighted by molar-refractivity contribution is 9.10. The van der Waals surface area contributed by atoms with Gasteiger partial charge in [-0.1, -0.05) is 27.5 Å². The van der Waals surface area contributed by atoms with Gasteiger partial charge >= 0.3 is 18.3 Å². The number of carbonyl (C=O) groups excluding carboxylic acids is 3. The van der Waals surface area contributed by atoms with Crippen LogP contribution in [0.5, 0.6) is 5.75 Å². The maximum absolute atomic E-state index is 13.3. The lowest BCUT2D eigenvalue weighted by Gasteiger charge is -2.30. The summed E-state index contributed by atoms with van der Waals surface area (Å²) in [6.07, 6.45) is 1.58. The quantitative estimate of drug-likeness (QED) is 0.138. The number of methoxy groups -OCH3 is 1. The largest absolute Gasteiger partial charge is 0.493 e. The van der Waals surface area contributed by atoms with E-state index >= 15 is 0 Å². The predicted molar refractivity (Wildman–Crippen MR) is 193 cm³/mol. The molecule has 0 radical (unpaired) electrons. The number of ether oxygens (including phenoxy) is 5. The van der Waals surface area contributed by atoms with E-state index in [4.69, 9.17) is 35.3 Å². The van der Waals surface area contributed by atoms with Crippen LogP contribution in [0.2, 0.25) is 5.02 Å². The zero-order chi connectivity index (χ0) is 37.6. The standard InChI is InChI=1S/C34H48BrClN6O8/c1-32(2,3)48-29(43)40(10)22(18-46-11)13-12-14-47-25-16-21(36)15-24(35)23(25)17-41-20-39-26-27(41)37-19-38-28(26)42(30(44)49-33(4,5)6)31(45)50-34(7,8)9/h15-16,19-20,22H,12-14,17-18H2,1-11H3/t22-/m1/s1. The molecule has 2 heterocycles. The zero-order valence-electron chi connectivity index (χ0n) is 30.6. The molecular weight excluding hydrogens is 736 g/mol. The third-order valence-corrected chi connectivity index (χ3v) is 7.65. The number of halogens is 2. The highest BCUT2D eigenvalue weighted by Crippen LogP contribution is 2.34. The fourth-order valence-electron chi connectivity index (χ4n) is 4.61. The fraction of sp³-hybridized carbons (Fsp3) is 0.588. The molecule has 0 saturated heterocycles. The van der Waals surface area contributed by atoms with Crippen LogP contribution in [-0.2, 0) is 25.5 Å². The second kappa shape index (κ2) is 16.6. The summed E-state index contributed by atoms with van der Waals surface area (Å²) in [4.78, 5) is 54.7. The molecule has 3 amide bonds. The number of nitrogens with zero attached hydrogens (tertiary/aromatic N) is 6. The monoisotopic (exact) mass is 782 g/mol. The second-order valence-electron chi connectivity index (χ2n) is 14.6. The van der Waals surface area contributed by atoms with Crippen molar-refractivity contribution in [1.82, 2.24) is 24.4 Å². The Balaban J connectivity index is 1.88. The minimum Gasteiger partial charge on any atom is -0.493 e. The number of anilines is 1. The summed E-state index contributed by atoms with van der Waals surface area (Å²) < 4.78 is 30.6. The molecule has 16 heteroatoms. The van der Waals surface area contributed by atoms with Gasteiger partial charge in [0.15, 0.2) is 17.0 Å². The maximum atomic E-state index is 13.3. The summed E-state index contributed by atoms with van der Waals surface area (Å²) in [5, 5.41) is 0.461. The van der Waals surface area contributed by atoms with Gasteiger partial charge < -0.3 is 33.2 Å². The van der Waals surface area contributed by atoms with Crippen LogP contribution < -0.4 is 9.64 Å². The second-order valence-corrected chi connectivity index (χ2v) is 15.9. The highest BCUT2D eigenvalue weighted by Gasteiger charge is 2.36. The van der Waals surface area contributed by atoms with E-state index in [1.54, 1.807) is 77.3 Å². The average molecular weight is 784 g/mol. The third kappa shape index (κ3) is 11.7. The summed E-state index contributed by atoms with van der Waals surface area (Å²) in [5.74, 6) is 0.430. The molecule has 0 spiro atoms. The third-order valence-electron chi connectivity index (χ3n) is 6.72. The Morgan fingerprint density at radius 3 is 2.04 bits per heavy atom. The lowest BCUT2D eigenvalue weighted by molar-refractivity contribution is 0.0111. The van der Waals surface area contributed by atoms with Crippen LogP contribution in [0.1, 0.15) is 80.7 Å². The number of benzene rings is 1. The number of imidazole rings is 1. The Morgan fingerprint density at radius 1 is 0.900 bits per heavy atom. The van der Waals surface area contributed by atoms with E-state index in [9.17, 15) is 14.4 Å². The Bertz CT molecular complexity index is 1640. The molecule has 276 valence electrons. The first kappa shape index (κ1) is 40.7. The Hall–Kier alpha value is -3.69. The molecule has 2 aromatic heterocycles. The Morgan fingerprint density at radius 2 is 1.48 bits per heavy atom. The van der Waals surface area contributed by atoms with Gasteiger partial charge in [0.1, 0.15) is 28.9 Å². The fourth-order valence-corrected chi connectivity index (χ4v) is 5.52. The summed E-state index contributed by atoms with van der Waals surface area (Å²) in [6, 6.07) is 3.24. The van der Waals surface area contributed by atoms with Crippen LogP contribution in [0, 0.1) is 0 Å². The number of carbonyl (C=O) groups is 3. The number of likely N-dealkylation sites (N-methyl/N-ethyl adjacent to an activating group) is 1. The van der Waals surface area contributed by atoms with Crippen LogP contribution in [0.3, 0.4) is 0 Å². The molecule has 0 aliphatic carbocycles. The molecule has 0 unspecified atom stereocenters. The first-order chi connectivity index (χ1) is 23.1. The molecule has 3 aromatic rings.